The van der Waals surface area contributed by atoms with Crippen LogP contribution in [0.3, 0.4) is 0 Å². The minimum Gasteiger partial charge on any atom is -0.398 e. The Labute approximate surface area is 104 Å². The average molecular weight is 307 g/mol. The monoisotopic (exact) mass is 306 g/mol. The van der Waals surface area contributed by atoms with E-state index in [9.17, 15) is 8.42 Å². The summed E-state index contributed by atoms with van der Waals surface area (Å²) in [4.78, 5) is 0.217. The van der Waals surface area contributed by atoms with Crippen LogP contribution in [-0.4, -0.2) is 15.0 Å². The Morgan fingerprint density at radius 1 is 1.44 bits per heavy atom. The van der Waals surface area contributed by atoms with Crippen molar-refractivity contribution in [2.75, 3.05) is 12.3 Å². The van der Waals surface area contributed by atoms with Crippen molar-refractivity contribution >= 4 is 31.6 Å². The van der Waals surface area contributed by atoms with E-state index in [0.29, 0.717) is 16.7 Å². The number of nitrogens with one attached hydrogen (secondary N) is 1. The Morgan fingerprint density at radius 2 is 2.06 bits per heavy atom. The number of halogens is 1. The topological polar surface area (TPSA) is 72.2 Å². The summed E-state index contributed by atoms with van der Waals surface area (Å²) in [5, 5.41) is 0. The summed E-state index contributed by atoms with van der Waals surface area (Å²) in [7, 11) is -3.43. The van der Waals surface area contributed by atoms with Gasteiger partial charge in [0.15, 0.2) is 0 Å². The molecule has 1 rings (SSSR count). The number of nitrogens with two attached hydrogens (primary N) is 1. The van der Waals surface area contributed by atoms with Crippen LogP contribution in [0.15, 0.2) is 27.6 Å². The molecule has 1 aromatic rings. The Kier molecular flexibility index (Phi) is 4.35. The maximum Gasteiger partial charge on any atom is 0.240 e. The first-order valence-corrected chi connectivity index (χ1v) is 7.15. The SMILES string of the molecule is CC(C)CNS(=O)(=O)c1ccc(N)c(Br)c1. The predicted molar refractivity (Wildman–Crippen MR) is 68.6 cm³/mol. The van der Waals surface area contributed by atoms with Crippen molar-refractivity contribution in [1.82, 2.24) is 4.72 Å². The lowest BCUT2D eigenvalue weighted by Gasteiger charge is -2.09. The highest BCUT2D eigenvalue weighted by Gasteiger charge is 2.14. The molecule has 0 aliphatic rings. The number of nitrogen functional groups attached to an aromatic ring is 1. The van der Waals surface area contributed by atoms with Gasteiger partial charge in [-0.15, -0.1) is 0 Å². The highest BCUT2D eigenvalue weighted by Crippen LogP contribution is 2.22. The first kappa shape index (κ1) is 13.5. The highest BCUT2D eigenvalue weighted by molar-refractivity contribution is 9.10. The van der Waals surface area contributed by atoms with Gasteiger partial charge in [0, 0.05) is 16.7 Å². The molecule has 0 amide bonds. The fraction of sp³-hybridized carbons (Fsp3) is 0.400. The standard InChI is InChI=1S/C10H15BrN2O2S/c1-7(2)6-13-16(14,15)8-3-4-10(12)9(11)5-8/h3-5,7,13H,6,12H2,1-2H3. The molecule has 0 radical (unpaired) electrons. The number of hydrogen-bond acceptors (Lipinski definition) is 3. The Morgan fingerprint density at radius 3 is 2.56 bits per heavy atom. The van der Waals surface area contributed by atoms with Gasteiger partial charge in [0.25, 0.3) is 0 Å². The number of hydrogen-bond donors (Lipinski definition) is 2. The van der Waals surface area contributed by atoms with Gasteiger partial charge in [-0.1, -0.05) is 13.8 Å². The van der Waals surface area contributed by atoms with E-state index < -0.39 is 10.0 Å². The Balaban J connectivity index is 2.94. The minimum atomic E-state index is -3.43. The van der Waals surface area contributed by atoms with E-state index in [1.54, 1.807) is 6.07 Å². The van der Waals surface area contributed by atoms with Crippen LogP contribution in [0.2, 0.25) is 0 Å². The van der Waals surface area contributed by atoms with Crippen molar-refractivity contribution in [3.63, 3.8) is 0 Å². The highest BCUT2D eigenvalue weighted by atomic mass is 79.9. The van der Waals surface area contributed by atoms with Crippen LogP contribution in [0.4, 0.5) is 5.69 Å². The first-order chi connectivity index (χ1) is 7.33. The van der Waals surface area contributed by atoms with E-state index in [1.807, 2.05) is 13.8 Å². The molecule has 1 aromatic carbocycles. The second kappa shape index (κ2) is 5.16. The first-order valence-electron chi connectivity index (χ1n) is 4.87. The van der Waals surface area contributed by atoms with Crippen LogP contribution in [0, 0.1) is 5.92 Å². The summed E-state index contributed by atoms with van der Waals surface area (Å²) < 4.78 is 26.8. The van der Waals surface area contributed by atoms with Crippen LogP contribution < -0.4 is 10.5 Å². The molecule has 16 heavy (non-hydrogen) atoms. The van der Waals surface area contributed by atoms with Gasteiger partial charge in [0.1, 0.15) is 0 Å². The molecule has 0 aromatic heterocycles. The fourth-order valence-electron chi connectivity index (χ4n) is 1.03. The van der Waals surface area contributed by atoms with Crippen molar-refractivity contribution in [2.24, 2.45) is 5.92 Å². The molecule has 0 saturated carbocycles. The lowest BCUT2D eigenvalue weighted by atomic mass is 10.2. The molecule has 0 aliphatic heterocycles. The van der Waals surface area contributed by atoms with E-state index in [-0.39, 0.29) is 10.8 Å². The summed E-state index contributed by atoms with van der Waals surface area (Å²) in [5.74, 6) is 0.270. The van der Waals surface area contributed by atoms with Gasteiger partial charge in [-0.3, -0.25) is 0 Å². The fourth-order valence-corrected chi connectivity index (χ4v) is 2.80. The van der Waals surface area contributed by atoms with Crippen molar-refractivity contribution in [1.29, 1.82) is 0 Å². The molecular formula is C10H15BrN2O2S. The molecule has 0 saturated heterocycles. The third-order valence-corrected chi connectivity index (χ3v) is 4.07. The second-order valence-electron chi connectivity index (χ2n) is 3.93. The summed E-state index contributed by atoms with van der Waals surface area (Å²) in [6, 6.07) is 4.55. The van der Waals surface area contributed by atoms with E-state index >= 15 is 0 Å². The van der Waals surface area contributed by atoms with Gasteiger partial charge in [0.05, 0.1) is 4.90 Å². The number of rotatable bonds is 4. The van der Waals surface area contributed by atoms with Gasteiger partial charge in [-0.05, 0) is 40.0 Å². The molecule has 4 nitrogen and oxygen atoms in total. The molecule has 6 heteroatoms. The third-order valence-electron chi connectivity index (χ3n) is 1.96. The van der Waals surface area contributed by atoms with Crippen molar-refractivity contribution in [3.05, 3.63) is 22.7 Å². The molecule has 0 heterocycles. The quantitative estimate of drug-likeness (QED) is 0.835. The third kappa shape index (κ3) is 3.47. The lowest BCUT2D eigenvalue weighted by molar-refractivity contribution is 0.560. The summed E-state index contributed by atoms with van der Waals surface area (Å²) >= 11 is 3.20. The number of benzene rings is 1. The van der Waals surface area contributed by atoms with E-state index in [2.05, 4.69) is 20.7 Å². The summed E-state index contributed by atoms with van der Waals surface area (Å²) in [6.45, 7) is 4.31. The van der Waals surface area contributed by atoms with E-state index in [4.69, 9.17) is 5.73 Å². The molecule has 90 valence electrons. The zero-order chi connectivity index (χ0) is 12.3. The maximum atomic E-state index is 11.8. The van der Waals surface area contributed by atoms with Gasteiger partial charge < -0.3 is 5.73 Å². The molecule has 3 N–H and O–H groups in total. The molecule has 0 aliphatic carbocycles. The van der Waals surface area contributed by atoms with Gasteiger partial charge in [-0.25, -0.2) is 13.1 Å². The Bertz CT molecular complexity index is 472. The van der Waals surface area contributed by atoms with Gasteiger partial charge >= 0.3 is 0 Å². The molecular weight excluding hydrogens is 292 g/mol. The lowest BCUT2D eigenvalue weighted by Crippen LogP contribution is -2.27. The van der Waals surface area contributed by atoms with Crippen molar-refractivity contribution in [3.8, 4) is 0 Å². The van der Waals surface area contributed by atoms with Crippen LogP contribution in [0.25, 0.3) is 0 Å². The largest absolute Gasteiger partial charge is 0.398 e. The normalized spacial score (nSPS) is 12.0. The molecule has 0 atom stereocenters. The Hall–Kier alpha value is -0.590. The minimum absolute atomic E-state index is 0.217. The van der Waals surface area contributed by atoms with Gasteiger partial charge in [-0.2, -0.15) is 0 Å². The predicted octanol–water partition coefficient (Wildman–Crippen LogP) is 1.97. The molecule has 0 bridgehead atoms. The van der Waals surface area contributed by atoms with Gasteiger partial charge in [0.2, 0.25) is 10.0 Å². The molecule has 0 spiro atoms. The molecule has 0 fully saturated rings. The van der Waals surface area contributed by atoms with Crippen LogP contribution in [0.5, 0.6) is 0 Å². The van der Waals surface area contributed by atoms with Crippen molar-refractivity contribution in [2.45, 2.75) is 18.7 Å². The van der Waals surface area contributed by atoms with Crippen LogP contribution in [0.1, 0.15) is 13.8 Å². The average Bonchev–Trinajstić information content (AvgIpc) is 2.19. The zero-order valence-electron chi connectivity index (χ0n) is 9.20. The van der Waals surface area contributed by atoms with Crippen molar-refractivity contribution < 1.29 is 8.42 Å². The molecule has 0 unspecified atom stereocenters. The van der Waals surface area contributed by atoms with E-state index in [1.165, 1.54) is 12.1 Å². The van der Waals surface area contributed by atoms with Crippen LogP contribution in [-0.2, 0) is 10.0 Å². The zero-order valence-corrected chi connectivity index (χ0v) is 11.6. The smallest absolute Gasteiger partial charge is 0.240 e. The van der Waals surface area contributed by atoms with E-state index in [0.717, 1.165) is 0 Å². The number of anilines is 1. The number of sulfonamides is 1. The summed E-state index contributed by atoms with van der Waals surface area (Å²) in [5.41, 5.74) is 6.11. The van der Waals surface area contributed by atoms with Crippen LogP contribution >= 0.6 is 15.9 Å². The summed E-state index contributed by atoms with van der Waals surface area (Å²) in [6.07, 6.45) is 0. The second-order valence-corrected chi connectivity index (χ2v) is 6.55. The maximum absolute atomic E-state index is 11.8.